The van der Waals surface area contributed by atoms with Gasteiger partial charge in [-0.15, -0.1) is 11.3 Å². The van der Waals surface area contributed by atoms with Crippen LogP contribution in [0.3, 0.4) is 0 Å². The highest BCUT2D eigenvalue weighted by atomic mass is 32.1. The quantitative estimate of drug-likeness (QED) is 0.679. The molecule has 0 aromatic carbocycles. The number of thiophene rings is 1. The van der Waals surface area contributed by atoms with Crippen molar-refractivity contribution in [3.05, 3.63) is 27.6 Å². The highest BCUT2D eigenvalue weighted by Crippen LogP contribution is 2.36. The van der Waals surface area contributed by atoms with Gasteiger partial charge in [-0.05, 0) is 31.4 Å². The van der Waals surface area contributed by atoms with E-state index in [1.807, 2.05) is 17.5 Å². The van der Waals surface area contributed by atoms with Gasteiger partial charge >= 0.3 is 0 Å². The van der Waals surface area contributed by atoms with E-state index in [0.717, 1.165) is 6.42 Å². The van der Waals surface area contributed by atoms with Crippen LogP contribution in [0.2, 0.25) is 0 Å². The van der Waals surface area contributed by atoms with Gasteiger partial charge in [0, 0.05) is 15.3 Å². The molecule has 1 aliphatic carbocycles. The second-order valence-electron chi connectivity index (χ2n) is 3.46. The second kappa shape index (κ2) is 2.45. The van der Waals surface area contributed by atoms with Gasteiger partial charge in [0.25, 0.3) is 0 Å². The summed E-state index contributed by atoms with van der Waals surface area (Å²) in [4.78, 5) is 2.90. The average molecular weight is 190 g/mol. The van der Waals surface area contributed by atoms with Gasteiger partial charge in [0.1, 0.15) is 0 Å². The minimum absolute atomic E-state index is 1.14. The Morgan fingerprint density at radius 3 is 3.31 bits per heavy atom. The van der Waals surface area contributed by atoms with E-state index in [1.165, 1.54) is 33.0 Å². The molecule has 0 amide bonds. The molecule has 0 atom stereocenters. The average Bonchev–Trinajstić information content (AvgIpc) is 2.65. The standard InChI is InChI=1S/C10H10N2S/c1-6-4-8-9(13-6)3-2-7-5-11-12-10(7)8/h4-5H,2-3H2,1H3,(H,11,12). The van der Waals surface area contributed by atoms with Gasteiger partial charge in [-0.3, -0.25) is 5.10 Å². The van der Waals surface area contributed by atoms with Crippen molar-refractivity contribution >= 4 is 11.3 Å². The van der Waals surface area contributed by atoms with Crippen molar-refractivity contribution < 1.29 is 0 Å². The Labute approximate surface area is 80.6 Å². The predicted octanol–water partition coefficient (Wildman–Crippen LogP) is 2.55. The molecule has 0 bridgehead atoms. The van der Waals surface area contributed by atoms with Crippen molar-refractivity contribution in [1.82, 2.24) is 10.2 Å². The van der Waals surface area contributed by atoms with Crippen molar-refractivity contribution in [2.45, 2.75) is 19.8 Å². The normalized spacial score (nSPS) is 13.9. The fourth-order valence-corrected chi connectivity index (χ4v) is 2.98. The second-order valence-corrected chi connectivity index (χ2v) is 4.81. The zero-order valence-corrected chi connectivity index (χ0v) is 8.24. The molecule has 66 valence electrons. The summed E-state index contributed by atoms with van der Waals surface area (Å²) in [5.74, 6) is 0. The summed E-state index contributed by atoms with van der Waals surface area (Å²) in [5, 5.41) is 7.18. The highest BCUT2D eigenvalue weighted by molar-refractivity contribution is 7.12. The third kappa shape index (κ3) is 0.968. The van der Waals surface area contributed by atoms with Crippen LogP contribution < -0.4 is 0 Å². The number of hydrogen-bond donors (Lipinski definition) is 1. The molecule has 2 heterocycles. The van der Waals surface area contributed by atoms with E-state index in [1.54, 1.807) is 0 Å². The SMILES string of the molecule is Cc1cc2c(s1)CCc1cn[nH]c1-2. The lowest BCUT2D eigenvalue weighted by molar-refractivity contribution is 0.964. The van der Waals surface area contributed by atoms with E-state index >= 15 is 0 Å². The molecule has 2 nitrogen and oxygen atoms in total. The maximum atomic E-state index is 4.09. The molecule has 0 radical (unpaired) electrons. The van der Waals surface area contributed by atoms with Crippen LogP contribution in [0.5, 0.6) is 0 Å². The Bertz CT molecular complexity index is 453. The molecule has 0 unspecified atom stereocenters. The van der Waals surface area contributed by atoms with E-state index in [9.17, 15) is 0 Å². The first kappa shape index (κ1) is 7.33. The molecule has 1 N–H and O–H groups in total. The maximum Gasteiger partial charge on any atom is 0.0693 e. The molecular weight excluding hydrogens is 180 g/mol. The molecule has 0 fully saturated rings. The summed E-state index contributed by atoms with van der Waals surface area (Å²) in [7, 11) is 0. The highest BCUT2D eigenvalue weighted by Gasteiger charge is 2.19. The van der Waals surface area contributed by atoms with Gasteiger partial charge < -0.3 is 0 Å². The van der Waals surface area contributed by atoms with E-state index in [0.29, 0.717) is 0 Å². The molecular formula is C10H10N2S. The van der Waals surface area contributed by atoms with Crippen LogP contribution in [-0.4, -0.2) is 10.2 Å². The molecule has 0 saturated carbocycles. The minimum Gasteiger partial charge on any atom is -0.278 e. The Kier molecular flexibility index (Phi) is 1.38. The van der Waals surface area contributed by atoms with Crippen molar-refractivity contribution in [3.63, 3.8) is 0 Å². The van der Waals surface area contributed by atoms with Crippen LogP contribution in [0.15, 0.2) is 12.3 Å². The third-order valence-electron chi connectivity index (χ3n) is 2.54. The first-order chi connectivity index (χ1) is 6.34. The molecule has 0 aliphatic heterocycles. The zero-order valence-electron chi connectivity index (χ0n) is 7.42. The van der Waals surface area contributed by atoms with Crippen LogP contribution in [0.25, 0.3) is 11.3 Å². The van der Waals surface area contributed by atoms with Gasteiger partial charge in [-0.25, -0.2) is 0 Å². The fourth-order valence-electron chi connectivity index (χ4n) is 1.94. The lowest BCUT2D eigenvalue weighted by Crippen LogP contribution is -1.98. The van der Waals surface area contributed by atoms with Crippen molar-refractivity contribution in [2.24, 2.45) is 0 Å². The minimum atomic E-state index is 1.14. The number of fused-ring (bicyclic) bond motifs is 3. The summed E-state index contributed by atoms with van der Waals surface area (Å²) in [5.41, 5.74) is 3.98. The van der Waals surface area contributed by atoms with Crippen molar-refractivity contribution in [1.29, 1.82) is 0 Å². The molecule has 2 aromatic heterocycles. The Balaban J connectivity index is 2.29. The molecule has 1 aliphatic rings. The molecule has 0 spiro atoms. The number of hydrogen-bond acceptors (Lipinski definition) is 2. The van der Waals surface area contributed by atoms with Crippen LogP contribution >= 0.6 is 11.3 Å². The third-order valence-corrected chi connectivity index (χ3v) is 3.65. The van der Waals surface area contributed by atoms with Crippen LogP contribution in [-0.2, 0) is 12.8 Å². The summed E-state index contributed by atoms with van der Waals surface area (Å²) in [6.07, 6.45) is 4.27. The Hall–Kier alpha value is -1.09. The number of aryl methyl sites for hydroxylation is 3. The smallest absolute Gasteiger partial charge is 0.0693 e. The monoisotopic (exact) mass is 190 g/mol. The first-order valence-electron chi connectivity index (χ1n) is 4.46. The summed E-state index contributed by atoms with van der Waals surface area (Å²) < 4.78 is 0. The van der Waals surface area contributed by atoms with E-state index in [2.05, 4.69) is 23.2 Å². The molecule has 0 saturated heterocycles. The molecule has 13 heavy (non-hydrogen) atoms. The van der Waals surface area contributed by atoms with E-state index in [-0.39, 0.29) is 0 Å². The Morgan fingerprint density at radius 2 is 2.38 bits per heavy atom. The van der Waals surface area contributed by atoms with E-state index in [4.69, 9.17) is 0 Å². The number of rotatable bonds is 0. The number of aromatic amines is 1. The van der Waals surface area contributed by atoms with Gasteiger partial charge in [0.05, 0.1) is 11.9 Å². The van der Waals surface area contributed by atoms with E-state index < -0.39 is 0 Å². The topological polar surface area (TPSA) is 28.7 Å². The number of aromatic nitrogens is 2. The fraction of sp³-hybridized carbons (Fsp3) is 0.300. The molecule has 3 heteroatoms. The lowest BCUT2D eigenvalue weighted by Gasteiger charge is -2.09. The largest absolute Gasteiger partial charge is 0.278 e. The number of H-pyrrole nitrogens is 1. The Morgan fingerprint density at radius 1 is 1.46 bits per heavy atom. The van der Waals surface area contributed by atoms with Crippen molar-refractivity contribution in [3.8, 4) is 11.3 Å². The van der Waals surface area contributed by atoms with Gasteiger partial charge in [0.15, 0.2) is 0 Å². The summed E-state index contributed by atoms with van der Waals surface area (Å²) >= 11 is 1.91. The molecule has 3 rings (SSSR count). The zero-order chi connectivity index (χ0) is 8.84. The lowest BCUT2D eigenvalue weighted by atomic mass is 9.97. The first-order valence-corrected chi connectivity index (χ1v) is 5.28. The predicted molar refractivity (Wildman–Crippen MR) is 54.0 cm³/mol. The number of nitrogens with zero attached hydrogens (tertiary/aromatic N) is 1. The van der Waals surface area contributed by atoms with Crippen LogP contribution in [0.4, 0.5) is 0 Å². The molecule has 2 aromatic rings. The summed E-state index contributed by atoms with van der Waals surface area (Å²) in [6.45, 7) is 2.17. The van der Waals surface area contributed by atoms with Gasteiger partial charge in [-0.1, -0.05) is 0 Å². The van der Waals surface area contributed by atoms with Crippen molar-refractivity contribution in [2.75, 3.05) is 0 Å². The van der Waals surface area contributed by atoms with Crippen LogP contribution in [0, 0.1) is 6.92 Å². The van der Waals surface area contributed by atoms with Gasteiger partial charge in [-0.2, -0.15) is 5.10 Å². The number of nitrogens with one attached hydrogen (secondary N) is 1. The van der Waals surface area contributed by atoms with Crippen LogP contribution in [0.1, 0.15) is 15.3 Å². The summed E-state index contributed by atoms with van der Waals surface area (Å²) in [6, 6.07) is 2.26. The van der Waals surface area contributed by atoms with Gasteiger partial charge in [0.2, 0.25) is 0 Å². The maximum absolute atomic E-state index is 4.09.